The lowest BCUT2D eigenvalue weighted by Gasteiger charge is -2.25. The Hall–Kier alpha value is -3.16. The first-order chi connectivity index (χ1) is 12.6. The van der Waals surface area contributed by atoms with Gasteiger partial charge in [0, 0.05) is 38.1 Å². The maximum Gasteiger partial charge on any atom is 0.272 e. The summed E-state index contributed by atoms with van der Waals surface area (Å²) in [6.45, 7) is 0. The third-order valence-electron chi connectivity index (χ3n) is 4.47. The van der Waals surface area contributed by atoms with E-state index in [4.69, 9.17) is 4.42 Å². The molecule has 3 aromatic rings. The molecule has 1 aliphatic carbocycles. The highest BCUT2D eigenvalue weighted by Crippen LogP contribution is 2.22. The van der Waals surface area contributed by atoms with Crippen LogP contribution in [0.2, 0.25) is 0 Å². The average Bonchev–Trinajstić information content (AvgIpc) is 3.32. The van der Waals surface area contributed by atoms with Crippen molar-refractivity contribution in [1.82, 2.24) is 25.5 Å². The molecule has 1 atom stereocenters. The zero-order valence-electron chi connectivity index (χ0n) is 14.7. The zero-order valence-corrected chi connectivity index (χ0v) is 14.7. The molecule has 0 bridgehead atoms. The van der Waals surface area contributed by atoms with Crippen LogP contribution in [0, 0.1) is 0 Å². The van der Waals surface area contributed by atoms with Crippen molar-refractivity contribution in [3.05, 3.63) is 47.6 Å². The van der Waals surface area contributed by atoms with Gasteiger partial charge >= 0.3 is 0 Å². The molecule has 0 aromatic carbocycles. The third-order valence-corrected chi connectivity index (χ3v) is 4.47. The lowest BCUT2D eigenvalue weighted by Crippen LogP contribution is -2.39. The van der Waals surface area contributed by atoms with Crippen LogP contribution in [0.5, 0.6) is 0 Å². The van der Waals surface area contributed by atoms with Crippen LogP contribution in [0.1, 0.15) is 28.2 Å². The molecule has 0 radical (unpaired) electrons. The zero-order chi connectivity index (χ0) is 18.1. The normalized spacial score (nSPS) is 16.2. The predicted molar refractivity (Wildman–Crippen MR) is 95.9 cm³/mol. The van der Waals surface area contributed by atoms with Crippen molar-refractivity contribution in [2.24, 2.45) is 0 Å². The summed E-state index contributed by atoms with van der Waals surface area (Å²) in [5.41, 5.74) is 3.18. The van der Waals surface area contributed by atoms with Crippen LogP contribution in [0.3, 0.4) is 0 Å². The summed E-state index contributed by atoms with van der Waals surface area (Å²) < 4.78 is 5.31. The SMILES string of the molecule is CN(C)c1ncc2c(n1)CC[C@@H](NC(=O)c1cc(-c3ccco3)[nH]n1)C2. The quantitative estimate of drug-likeness (QED) is 0.743. The van der Waals surface area contributed by atoms with Crippen LogP contribution >= 0.6 is 0 Å². The van der Waals surface area contributed by atoms with Gasteiger partial charge in [-0.2, -0.15) is 5.10 Å². The van der Waals surface area contributed by atoms with E-state index in [9.17, 15) is 4.79 Å². The van der Waals surface area contributed by atoms with E-state index in [2.05, 4.69) is 25.5 Å². The number of aryl methyl sites for hydroxylation is 1. The third kappa shape index (κ3) is 3.17. The lowest BCUT2D eigenvalue weighted by molar-refractivity contribution is 0.0928. The van der Waals surface area contributed by atoms with Gasteiger partial charge in [-0.25, -0.2) is 9.97 Å². The first-order valence-electron chi connectivity index (χ1n) is 8.52. The topological polar surface area (TPSA) is 99.9 Å². The lowest BCUT2D eigenvalue weighted by atomic mass is 9.93. The number of nitrogens with zero attached hydrogens (tertiary/aromatic N) is 4. The summed E-state index contributed by atoms with van der Waals surface area (Å²) in [5.74, 6) is 1.17. The Balaban J connectivity index is 1.43. The van der Waals surface area contributed by atoms with Crippen molar-refractivity contribution in [3.8, 4) is 11.5 Å². The second-order valence-electron chi connectivity index (χ2n) is 6.59. The van der Waals surface area contributed by atoms with Gasteiger partial charge in [0.1, 0.15) is 5.69 Å². The number of hydrogen-bond donors (Lipinski definition) is 2. The number of nitrogens with one attached hydrogen (secondary N) is 2. The molecule has 26 heavy (non-hydrogen) atoms. The second kappa shape index (κ2) is 6.62. The second-order valence-corrected chi connectivity index (χ2v) is 6.59. The Morgan fingerprint density at radius 1 is 1.42 bits per heavy atom. The molecule has 8 heteroatoms. The van der Waals surface area contributed by atoms with Gasteiger partial charge in [-0.1, -0.05) is 0 Å². The molecule has 0 fully saturated rings. The fraction of sp³-hybridized carbons (Fsp3) is 0.333. The average molecular weight is 352 g/mol. The Bertz CT molecular complexity index is 916. The molecule has 8 nitrogen and oxygen atoms in total. The van der Waals surface area contributed by atoms with E-state index in [1.807, 2.05) is 31.3 Å². The Morgan fingerprint density at radius 3 is 3.08 bits per heavy atom. The summed E-state index contributed by atoms with van der Waals surface area (Å²) >= 11 is 0. The number of aromatic amines is 1. The van der Waals surface area contributed by atoms with Crippen molar-refractivity contribution in [2.75, 3.05) is 19.0 Å². The minimum atomic E-state index is -0.196. The Labute approximate surface area is 150 Å². The predicted octanol–water partition coefficient (Wildman–Crippen LogP) is 1.81. The highest BCUT2D eigenvalue weighted by Gasteiger charge is 2.23. The number of amides is 1. The first-order valence-corrected chi connectivity index (χ1v) is 8.52. The monoisotopic (exact) mass is 352 g/mol. The van der Waals surface area contributed by atoms with Crippen LogP contribution in [0.15, 0.2) is 35.1 Å². The number of fused-ring (bicyclic) bond motifs is 1. The minimum Gasteiger partial charge on any atom is -0.463 e. The summed E-state index contributed by atoms with van der Waals surface area (Å²) in [7, 11) is 3.85. The Morgan fingerprint density at radius 2 is 2.31 bits per heavy atom. The molecule has 3 aromatic heterocycles. The molecule has 0 unspecified atom stereocenters. The van der Waals surface area contributed by atoms with Gasteiger partial charge in [-0.05, 0) is 37.0 Å². The standard InChI is InChI=1S/C18H20N6O2/c1-24(2)18-19-10-11-8-12(5-6-13(11)21-18)20-17(25)15-9-14(22-23-15)16-4-3-7-26-16/h3-4,7,9-10,12H,5-6,8H2,1-2H3,(H,20,25)(H,22,23)/t12-/m1/s1. The van der Waals surface area contributed by atoms with Crippen LogP contribution < -0.4 is 10.2 Å². The van der Waals surface area contributed by atoms with E-state index in [0.29, 0.717) is 23.1 Å². The van der Waals surface area contributed by atoms with Gasteiger partial charge in [0.05, 0.1) is 6.26 Å². The van der Waals surface area contributed by atoms with Gasteiger partial charge in [0.15, 0.2) is 11.5 Å². The van der Waals surface area contributed by atoms with Crippen molar-refractivity contribution in [3.63, 3.8) is 0 Å². The highest BCUT2D eigenvalue weighted by molar-refractivity contribution is 5.93. The van der Waals surface area contributed by atoms with E-state index in [1.54, 1.807) is 18.4 Å². The molecule has 0 spiro atoms. The molecule has 4 rings (SSSR count). The van der Waals surface area contributed by atoms with Crippen molar-refractivity contribution in [2.45, 2.75) is 25.3 Å². The summed E-state index contributed by atoms with van der Waals surface area (Å²) in [6, 6.07) is 5.35. The van der Waals surface area contributed by atoms with Crippen molar-refractivity contribution in [1.29, 1.82) is 0 Å². The molecule has 3 heterocycles. The first kappa shape index (κ1) is 16.3. The van der Waals surface area contributed by atoms with Gasteiger partial charge in [0.2, 0.25) is 5.95 Å². The minimum absolute atomic E-state index is 0.0487. The maximum atomic E-state index is 12.5. The summed E-state index contributed by atoms with van der Waals surface area (Å²) in [4.78, 5) is 23.3. The van der Waals surface area contributed by atoms with Crippen LogP contribution in [-0.4, -0.2) is 46.2 Å². The van der Waals surface area contributed by atoms with E-state index in [0.717, 1.165) is 30.5 Å². The molecule has 1 amide bonds. The largest absolute Gasteiger partial charge is 0.463 e. The van der Waals surface area contributed by atoms with Gasteiger partial charge in [0.25, 0.3) is 5.91 Å². The number of carbonyl (C=O) groups is 1. The van der Waals surface area contributed by atoms with Crippen LogP contribution in [-0.2, 0) is 12.8 Å². The van der Waals surface area contributed by atoms with E-state index in [-0.39, 0.29) is 11.9 Å². The van der Waals surface area contributed by atoms with Crippen molar-refractivity contribution >= 4 is 11.9 Å². The summed E-state index contributed by atoms with van der Waals surface area (Å²) in [5, 5.41) is 9.97. The molecule has 0 saturated heterocycles. The number of hydrogen-bond acceptors (Lipinski definition) is 6. The van der Waals surface area contributed by atoms with Gasteiger partial charge in [-0.3, -0.25) is 9.89 Å². The van der Waals surface area contributed by atoms with E-state index < -0.39 is 0 Å². The Kier molecular flexibility index (Phi) is 4.16. The number of rotatable bonds is 4. The van der Waals surface area contributed by atoms with Crippen LogP contribution in [0.25, 0.3) is 11.5 Å². The summed E-state index contributed by atoms with van der Waals surface area (Å²) in [6.07, 6.45) is 5.84. The van der Waals surface area contributed by atoms with E-state index in [1.165, 1.54) is 0 Å². The number of H-pyrrole nitrogens is 1. The molecule has 0 aliphatic heterocycles. The maximum absolute atomic E-state index is 12.5. The number of furan rings is 1. The molecular weight excluding hydrogens is 332 g/mol. The van der Waals surface area contributed by atoms with E-state index >= 15 is 0 Å². The number of anilines is 1. The fourth-order valence-corrected chi connectivity index (χ4v) is 3.09. The van der Waals surface area contributed by atoms with Crippen molar-refractivity contribution < 1.29 is 9.21 Å². The molecule has 134 valence electrons. The molecule has 2 N–H and O–H groups in total. The smallest absolute Gasteiger partial charge is 0.272 e. The molecular formula is C18H20N6O2. The van der Waals surface area contributed by atoms with Gasteiger partial charge < -0.3 is 14.6 Å². The highest BCUT2D eigenvalue weighted by atomic mass is 16.3. The molecule has 0 saturated carbocycles. The van der Waals surface area contributed by atoms with Gasteiger partial charge in [-0.15, -0.1) is 0 Å². The van der Waals surface area contributed by atoms with Crippen LogP contribution in [0.4, 0.5) is 5.95 Å². The number of carbonyl (C=O) groups excluding carboxylic acids is 1. The number of aromatic nitrogens is 4. The molecule has 1 aliphatic rings. The fourth-order valence-electron chi connectivity index (χ4n) is 3.09.